The van der Waals surface area contributed by atoms with Crippen LogP contribution in [0.15, 0.2) is 61.8 Å². The van der Waals surface area contributed by atoms with E-state index in [1.165, 1.54) is 5.56 Å². The predicted molar refractivity (Wildman–Crippen MR) is 117 cm³/mol. The molecule has 2 heterocycles. The molecular weight excluding hydrogens is 440 g/mol. The van der Waals surface area contributed by atoms with Crippen molar-refractivity contribution in [3.05, 3.63) is 79.7 Å². The number of thioether (sulfide) groups is 2. The molecule has 0 N–H and O–H groups in total. The van der Waals surface area contributed by atoms with E-state index in [2.05, 4.69) is 60.1 Å². The molecule has 3 aromatic rings. The SMILES string of the molecule is Cc1cc(C)cc(-n2c(SCc3ccc(Br)cc3)nc3c(c2=O)SCC3)c1. The Morgan fingerprint density at radius 1 is 1.15 bits per heavy atom. The molecule has 27 heavy (non-hydrogen) atoms. The Kier molecular flexibility index (Phi) is 5.48. The van der Waals surface area contributed by atoms with Crippen molar-refractivity contribution >= 4 is 39.5 Å². The molecule has 0 fully saturated rings. The number of fused-ring (bicyclic) bond motifs is 1. The smallest absolute Gasteiger partial charge is 0.268 e. The van der Waals surface area contributed by atoms with Crippen molar-refractivity contribution in [3.8, 4) is 5.69 Å². The molecule has 2 aromatic carbocycles. The topological polar surface area (TPSA) is 34.9 Å². The summed E-state index contributed by atoms with van der Waals surface area (Å²) >= 11 is 6.72. The lowest BCUT2D eigenvalue weighted by Crippen LogP contribution is -2.24. The molecule has 1 aliphatic heterocycles. The van der Waals surface area contributed by atoms with Gasteiger partial charge < -0.3 is 0 Å². The van der Waals surface area contributed by atoms with Gasteiger partial charge in [-0.1, -0.05) is 45.9 Å². The quantitative estimate of drug-likeness (QED) is 0.379. The third-order valence-corrected chi connectivity index (χ3v) is 7.06. The van der Waals surface area contributed by atoms with Crippen LogP contribution < -0.4 is 5.56 Å². The number of rotatable bonds is 4. The van der Waals surface area contributed by atoms with Crippen LogP contribution in [-0.4, -0.2) is 15.3 Å². The Labute approximate surface area is 175 Å². The first-order chi connectivity index (χ1) is 13.0. The average molecular weight is 459 g/mol. The van der Waals surface area contributed by atoms with Crippen molar-refractivity contribution in [2.24, 2.45) is 0 Å². The Morgan fingerprint density at radius 2 is 1.85 bits per heavy atom. The van der Waals surface area contributed by atoms with Gasteiger partial charge in [0, 0.05) is 22.4 Å². The number of aryl methyl sites for hydroxylation is 3. The van der Waals surface area contributed by atoms with Gasteiger partial charge >= 0.3 is 0 Å². The van der Waals surface area contributed by atoms with Gasteiger partial charge in [0.05, 0.1) is 16.3 Å². The highest BCUT2D eigenvalue weighted by Crippen LogP contribution is 2.31. The number of benzene rings is 2. The molecule has 0 radical (unpaired) electrons. The average Bonchev–Trinajstić information content (AvgIpc) is 3.09. The highest BCUT2D eigenvalue weighted by Gasteiger charge is 2.22. The van der Waals surface area contributed by atoms with E-state index >= 15 is 0 Å². The summed E-state index contributed by atoms with van der Waals surface area (Å²) in [7, 11) is 0. The summed E-state index contributed by atoms with van der Waals surface area (Å²) in [5, 5.41) is 0.772. The van der Waals surface area contributed by atoms with Gasteiger partial charge in [-0.25, -0.2) is 4.98 Å². The minimum absolute atomic E-state index is 0.0609. The minimum atomic E-state index is 0.0609. The van der Waals surface area contributed by atoms with Gasteiger partial charge in [0.25, 0.3) is 5.56 Å². The van der Waals surface area contributed by atoms with E-state index in [1.54, 1.807) is 28.1 Å². The van der Waals surface area contributed by atoms with Crippen LogP contribution in [-0.2, 0) is 12.2 Å². The maximum atomic E-state index is 13.2. The second kappa shape index (κ2) is 7.86. The van der Waals surface area contributed by atoms with Crippen LogP contribution in [0, 0.1) is 13.8 Å². The van der Waals surface area contributed by atoms with Crippen molar-refractivity contribution in [3.63, 3.8) is 0 Å². The van der Waals surface area contributed by atoms with Crippen LogP contribution in [0.5, 0.6) is 0 Å². The Bertz CT molecular complexity index is 1040. The minimum Gasteiger partial charge on any atom is -0.268 e. The summed E-state index contributed by atoms with van der Waals surface area (Å²) in [6.45, 7) is 4.12. The molecule has 4 rings (SSSR count). The zero-order valence-corrected chi connectivity index (χ0v) is 18.4. The molecule has 0 unspecified atom stereocenters. The molecule has 0 saturated heterocycles. The van der Waals surface area contributed by atoms with Crippen molar-refractivity contribution in [2.75, 3.05) is 5.75 Å². The van der Waals surface area contributed by atoms with Gasteiger partial charge in [-0.2, -0.15) is 0 Å². The van der Waals surface area contributed by atoms with Gasteiger partial charge in [-0.3, -0.25) is 9.36 Å². The molecule has 1 aromatic heterocycles. The highest BCUT2D eigenvalue weighted by molar-refractivity contribution is 9.10. The standard InChI is InChI=1S/C21H19BrN2OS2/c1-13-9-14(2)11-17(10-13)24-20(25)19-18(7-8-26-19)23-21(24)27-12-15-3-5-16(22)6-4-15/h3-6,9-11H,7-8,12H2,1-2H3. The Morgan fingerprint density at radius 3 is 2.56 bits per heavy atom. The fourth-order valence-electron chi connectivity index (χ4n) is 3.23. The first-order valence-corrected chi connectivity index (χ1v) is 11.5. The van der Waals surface area contributed by atoms with Gasteiger partial charge in [-0.05, 0) is 54.8 Å². The lowest BCUT2D eigenvalue weighted by Gasteiger charge is -2.15. The lowest BCUT2D eigenvalue weighted by atomic mass is 10.1. The normalized spacial score (nSPS) is 13.0. The van der Waals surface area contributed by atoms with E-state index in [4.69, 9.17) is 4.98 Å². The molecule has 0 saturated carbocycles. The molecule has 0 bridgehead atoms. The van der Waals surface area contributed by atoms with Crippen LogP contribution in [0.2, 0.25) is 0 Å². The largest absolute Gasteiger partial charge is 0.272 e. The van der Waals surface area contributed by atoms with Crippen LogP contribution >= 0.6 is 39.5 Å². The van der Waals surface area contributed by atoms with Gasteiger partial charge in [0.2, 0.25) is 0 Å². The molecule has 138 valence electrons. The van der Waals surface area contributed by atoms with Crippen LogP contribution in [0.1, 0.15) is 22.4 Å². The maximum absolute atomic E-state index is 13.2. The number of nitrogens with zero attached hydrogens (tertiary/aromatic N) is 2. The summed E-state index contributed by atoms with van der Waals surface area (Å²) < 4.78 is 2.86. The summed E-state index contributed by atoms with van der Waals surface area (Å²) in [6, 6.07) is 14.5. The van der Waals surface area contributed by atoms with Crippen molar-refractivity contribution in [1.29, 1.82) is 0 Å². The van der Waals surface area contributed by atoms with E-state index in [1.807, 2.05) is 12.1 Å². The molecule has 6 heteroatoms. The first-order valence-electron chi connectivity index (χ1n) is 8.76. The van der Waals surface area contributed by atoms with Crippen LogP contribution in [0.25, 0.3) is 5.69 Å². The summed E-state index contributed by atoms with van der Waals surface area (Å²) in [4.78, 5) is 18.9. The highest BCUT2D eigenvalue weighted by atomic mass is 79.9. The van der Waals surface area contributed by atoms with E-state index < -0.39 is 0 Å². The third-order valence-electron chi connectivity index (χ3n) is 4.41. The number of hydrogen-bond donors (Lipinski definition) is 0. The van der Waals surface area contributed by atoms with E-state index in [0.29, 0.717) is 0 Å². The number of halogens is 1. The predicted octanol–water partition coefficient (Wildman–Crippen LogP) is 5.55. The third kappa shape index (κ3) is 4.03. The van der Waals surface area contributed by atoms with E-state index in [0.717, 1.165) is 55.0 Å². The molecule has 0 spiro atoms. The summed E-state index contributed by atoms with van der Waals surface area (Å²) in [5.74, 6) is 1.71. The molecule has 3 nitrogen and oxygen atoms in total. The summed E-state index contributed by atoms with van der Waals surface area (Å²) in [5.41, 5.74) is 5.41. The Balaban J connectivity index is 1.78. The molecule has 1 aliphatic rings. The van der Waals surface area contributed by atoms with Crippen molar-refractivity contribution in [1.82, 2.24) is 9.55 Å². The second-order valence-corrected chi connectivity index (χ2v) is 9.63. The molecule has 0 aliphatic carbocycles. The molecular formula is C21H19BrN2OS2. The number of hydrogen-bond acceptors (Lipinski definition) is 4. The summed E-state index contributed by atoms with van der Waals surface area (Å²) in [6.07, 6.45) is 0.870. The van der Waals surface area contributed by atoms with Gasteiger partial charge in [0.15, 0.2) is 5.16 Å². The zero-order chi connectivity index (χ0) is 19.0. The van der Waals surface area contributed by atoms with Gasteiger partial charge in [-0.15, -0.1) is 11.8 Å². The van der Waals surface area contributed by atoms with Gasteiger partial charge in [0.1, 0.15) is 0 Å². The molecule has 0 atom stereocenters. The van der Waals surface area contributed by atoms with Crippen molar-refractivity contribution < 1.29 is 0 Å². The number of aromatic nitrogens is 2. The maximum Gasteiger partial charge on any atom is 0.272 e. The van der Waals surface area contributed by atoms with E-state index in [-0.39, 0.29) is 5.56 Å². The van der Waals surface area contributed by atoms with E-state index in [9.17, 15) is 4.79 Å². The first kappa shape index (κ1) is 18.8. The second-order valence-electron chi connectivity index (χ2n) is 6.67. The van der Waals surface area contributed by atoms with Crippen LogP contribution in [0.4, 0.5) is 0 Å². The molecule has 0 amide bonds. The van der Waals surface area contributed by atoms with Crippen LogP contribution in [0.3, 0.4) is 0 Å². The Hall–Kier alpha value is -1.50. The monoisotopic (exact) mass is 458 g/mol. The fraction of sp³-hybridized carbons (Fsp3) is 0.238. The van der Waals surface area contributed by atoms with Crippen molar-refractivity contribution in [2.45, 2.75) is 36.1 Å². The fourth-order valence-corrected chi connectivity index (χ4v) is 5.50. The zero-order valence-electron chi connectivity index (χ0n) is 15.2. The lowest BCUT2D eigenvalue weighted by molar-refractivity contribution is 0.738.